The van der Waals surface area contributed by atoms with E-state index in [0.29, 0.717) is 18.8 Å². The SMILES string of the molecule is C/C(=C\C(=O)OC(C)(C)C)[C@@](C)(O)[C@H](O[Si](C)(C)C(C)(C)C)[C@H]1O[C@@H]1[C@@H]1CC[C@H]2O[C@@]3(CC[C@]2(C)O1)O[C@@H](COCc1ccccc1)C[C@@H]3C. The first-order valence-corrected chi connectivity index (χ1v) is 21.6. The Hall–Kier alpha value is -1.63. The minimum atomic E-state index is -2.37. The predicted molar refractivity (Wildman–Crippen MR) is 195 cm³/mol. The quantitative estimate of drug-likeness (QED) is 0.107. The van der Waals surface area contributed by atoms with Crippen molar-refractivity contribution in [2.75, 3.05) is 6.61 Å². The van der Waals surface area contributed by atoms with Crippen LogP contribution in [0, 0.1) is 5.92 Å². The van der Waals surface area contributed by atoms with Gasteiger partial charge in [-0.1, -0.05) is 58.0 Å². The lowest BCUT2D eigenvalue weighted by Gasteiger charge is -2.53. The van der Waals surface area contributed by atoms with Gasteiger partial charge in [0.15, 0.2) is 14.1 Å². The zero-order valence-corrected chi connectivity index (χ0v) is 33.7. The van der Waals surface area contributed by atoms with Gasteiger partial charge in [0.25, 0.3) is 0 Å². The van der Waals surface area contributed by atoms with Crippen LogP contribution in [0.4, 0.5) is 0 Å². The number of esters is 1. The number of hydrogen-bond donors (Lipinski definition) is 1. The highest BCUT2D eigenvalue weighted by Gasteiger charge is 2.63. The summed E-state index contributed by atoms with van der Waals surface area (Å²) in [7, 11) is -2.37. The molecule has 0 saturated carbocycles. The van der Waals surface area contributed by atoms with Crippen molar-refractivity contribution in [3.63, 3.8) is 0 Å². The summed E-state index contributed by atoms with van der Waals surface area (Å²) in [6, 6.07) is 10.2. The molecule has 4 saturated heterocycles. The lowest BCUT2D eigenvalue weighted by Crippen LogP contribution is -2.60. The summed E-state index contributed by atoms with van der Waals surface area (Å²) in [4.78, 5) is 12.8. The third-order valence-electron chi connectivity index (χ3n) is 11.8. The molecule has 50 heavy (non-hydrogen) atoms. The van der Waals surface area contributed by atoms with Crippen LogP contribution in [0.5, 0.6) is 0 Å². The largest absolute Gasteiger partial charge is 0.457 e. The number of benzene rings is 1. The van der Waals surface area contributed by atoms with Gasteiger partial charge >= 0.3 is 5.97 Å². The minimum absolute atomic E-state index is 0.00519. The summed E-state index contributed by atoms with van der Waals surface area (Å²) in [6.07, 6.45) is 3.82. The fourth-order valence-electron chi connectivity index (χ4n) is 7.47. The van der Waals surface area contributed by atoms with Crippen molar-refractivity contribution >= 4 is 14.3 Å². The summed E-state index contributed by atoms with van der Waals surface area (Å²) in [5, 5.41) is 12.0. The first-order chi connectivity index (χ1) is 23.1. The van der Waals surface area contributed by atoms with E-state index in [-0.39, 0.29) is 35.4 Å². The van der Waals surface area contributed by atoms with Gasteiger partial charge in [-0.25, -0.2) is 4.79 Å². The second-order valence-electron chi connectivity index (χ2n) is 18.2. The van der Waals surface area contributed by atoms with Gasteiger partial charge in [-0.3, -0.25) is 0 Å². The summed E-state index contributed by atoms with van der Waals surface area (Å²) < 4.78 is 45.4. The monoisotopic (exact) mass is 716 g/mol. The second-order valence-corrected chi connectivity index (χ2v) is 23.0. The van der Waals surface area contributed by atoms with Gasteiger partial charge in [-0.15, -0.1) is 0 Å². The van der Waals surface area contributed by atoms with Crippen LogP contribution in [-0.2, 0) is 44.2 Å². The number of epoxide rings is 1. The molecule has 4 aliphatic rings. The van der Waals surface area contributed by atoms with Gasteiger partial charge in [-0.05, 0) is 96.5 Å². The Labute approximate surface area is 301 Å². The molecule has 0 bridgehead atoms. The van der Waals surface area contributed by atoms with Crippen LogP contribution in [0.1, 0.15) is 107 Å². The average molecular weight is 717 g/mol. The highest BCUT2D eigenvalue weighted by Crippen LogP contribution is 2.53. The van der Waals surface area contributed by atoms with Crippen LogP contribution in [-0.4, -0.2) is 85.2 Å². The van der Waals surface area contributed by atoms with Crippen molar-refractivity contribution < 1.29 is 42.7 Å². The first-order valence-electron chi connectivity index (χ1n) is 18.7. The lowest BCUT2D eigenvalue weighted by molar-refractivity contribution is -0.345. The van der Waals surface area contributed by atoms with Crippen molar-refractivity contribution in [2.24, 2.45) is 5.92 Å². The zero-order chi connectivity index (χ0) is 36.9. The number of aliphatic hydroxyl groups is 1. The maximum atomic E-state index is 12.8. The molecular formula is C40H64O9Si. The molecule has 1 N–H and O–H groups in total. The van der Waals surface area contributed by atoms with E-state index in [2.05, 4.69) is 59.8 Å². The number of carbonyl (C=O) groups is 1. The van der Waals surface area contributed by atoms with Crippen LogP contribution in [0.2, 0.25) is 18.1 Å². The fourth-order valence-corrected chi connectivity index (χ4v) is 8.82. The molecule has 4 fully saturated rings. The summed E-state index contributed by atoms with van der Waals surface area (Å²) in [5.74, 6) is -0.872. The van der Waals surface area contributed by atoms with Crippen LogP contribution in [0.15, 0.2) is 42.0 Å². The molecule has 282 valence electrons. The van der Waals surface area contributed by atoms with Crippen molar-refractivity contribution in [1.82, 2.24) is 0 Å². The van der Waals surface area contributed by atoms with Crippen molar-refractivity contribution in [2.45, 2.75) is 185 Å². The molecule has 1 aromatic rings. The van der Waals surface area contributed by atoms with E-state index >= 15 is 0 Å². The van der Waals surface area contributed by atoms with E-state index in [9.17, 15) is 9.90 Å². The average Bonchev–Trinajstić information content (AvgIpc) is 3.73. The van der Waals surface area contributed by atoms with Crippen molar-refractivity contribution in [3.8, 4) is 0 Å². The Morgan fingerprint density at radius 2 is 1.72 bits per heavy atom. The smallest absolute Gasteiger partial charge is 0.331 e. The zero-order valence-electron chi connectivity index (χ0n) is 32.7. The number of ether oxygens (including phenoxy) is 6. The maximum absolute atomic E-state index is 12.8. The Bertz CT molecular complexity index is 1360. The molecule has 4 heterocycles. The maximum Gasteiger partial charge on any atom is 0.331 e. The van der Waals surface area contributed by atoms with Gasteiger partial charge in [-0.2, -0.15) is 0 Å². The first kappa shape index (κ1) is 39.6. The lowest BCUT2D eigenvalue weighted by atomic mass is 9.78. The van der Waals surface area contributed by atoms with Gasteiger partial charge in [0.05, 0.1) is 37.1 Å². The number of fused-ring (bicyclic) bond motifs is 1. The van der Waals surface area contributed by atoms with E-state index in [1.54, 1.807) is 13.8 Å². The van der Waals surface area contributed by atoms with Crippen LogP contribution in [0.25, 0.3) is 0 Å². The van der Waals surface area contributed by atoms with Gasteiger partial charge in [0.2, 0.25) is 0 Å². The van der Waals surface area contributed by atoms with E-state index in [0.717, 1.165) is 37.7 Å². The Morgan fingerprint density at radius 3 is 2.36 bits per heavy atom. The Kier molecular flexibility index (Phi) is 11.3. The van der Waals surface area contributed by atoms with E-state index in [1.165, 1.54) is 6.08 Å². The second kappa shape index (κ2) is 14.3. The number of rotatable bonds is 11. The van der Waals surface area contributed by atoms with E-state index in [4.69, 9.17) is 32.8 Å². The molecule has 0 amide bonds. The highest BCUT2D eigenvalue weighted by molar-refractivity contribution is 6.74. The summed E-state index contributed by atoms with van der Waals surface area (Å²) >= 11 is 0. The van der Waals surface area contributed by atoms with Crippen LogP contribution in [0.3, 0.4) is 0 Å². The molecule has 0 aliphatic carbocycles. The fraction of sp³-hybridized carbons (Fsp3) is 0.775. The standard InChI is InChI=1S/C40H64O9Si/c1-26(23-32(41)48-36(3,4)5)39(10,42)35(49-50(11,12)37(6,7)8)34-33(44-34)30-18-19-31-38(9,46-30)20-21-40(47-31)27(2)22-29(45-40)25-43-24-28-16-14-13-15-17-28/h13-17,23,27,29-31,33-35,42H,18-22,24-25H2,1-12H3/b26-23+/t27-,29+,30-,31+,33+,34-,35+,38-,39+,40+/m0/s1. The molecular weight excluding hydrogens is 653 g/mol. The predicted octanol–water partition coefficient (Wildman–Crippen LogP) is 7.64. The molecule has 5 rings (SSSR count). The molecule has 1 aromatic carbocycles. The molecule has 9 nitrogen and oxygen atoms in total. The Morgan fingerprint density at radius 1 is 1.04 bits per heavy atom. The molecule has 0 aromatic heterocycles. The van der Waals surface area contributed by atoms with E-state index in [1.807, 2.05) is 39.0 Å². The highest BCUT2D eigenvalue weighted by atomic mass is 28.4. The number of carbonyl (C=O) groups excluding carboxylic acids is 1. The topological polar surface area (TPSA) is 105 Å². The van der Waals surface area contributed by atoms with Crippen molar-refractivity contribution in [3.05, 3.63) is 47.5 Å². The molecule has 1 spiro atoms. The summed E-state index contributed by atoms with van der Waals surface area (Å²) in [6.45, 7) is 25.3. The molecule has 0 unspecified atom stereocenters. The van der Waals surface area contributed by atoms with Gasteiger partial charge < -0.3 is 38.0 Å². The third-order valence-corrected chi connectivity index (χ3v) is 16.3. The molecule has 4 aliphatic heterocycles. The van der Waals surface area contributed by atoms with Crippen LogP contribution < -0.4 is 0 Å². The molecule has 10 atom stereocenters. The van der Waals surface area contributed by atoms with Crippen molar-refractivity contribution in [1.29, 1.82) is 0 Å². The normalized spacial score (nSPS) is 35.3. The van der Waals surface area contributed by atoms with Gasteiger partial charge in [0.1, 0.15) is 29.5 Å². The molecule has 10 heteroatoms. The Balaban J connectivity index is 1.24. The van der Waals surface area contributed by atoms with E-state index < -0.39 is 49.1 Å². The van der Waals surface area contributed by atoms with Crippen LogP contribution >= 0.6 is 0 Å². The van der Waals surface area contributed by atoms with Gasteiger partial charge in [0, 0.05) is 18.4 Å². The third kappa shape index (κ3) is 8.76. The minimum Gasteiger partial charge on any atom is -0.457 e. The summed E-state index contributed by atoms with van der Waals surface area (Å²) in [5.41, 5.74) is -0.980. The number of hydrogen-bond acceptors (Lipinski definition) is 9. The molecule has 0 radical (unpaired) electrons.